The fourth-order valence-corrected chi connectivity index (χ4v) is 4.08. The number of nitrogens with one attached hydrogen (secondary N) is 1. The van der Waals surface area contributed by atoms with Gasteiger partial charge in [-0.2, -0.15) is 0 Å². The lowest BCUT2D eigenvalue weighted by Crippen LogP contribution is -2.64. The molecule has 0 saturated carbocycles. The molecular weight excluding hydrogens is 382 g/mol. The van der Waals surface area contributed by atoms with Gasteiger partial charge in [-0.1, -0.05) is 26.8 Å². The van der Waals surface area contributed by atoms with Crippen LogP contribution in [0.15, 0.2) is 24.4 Å². The molecule has 2 saturated heterocycles. The number of ether oxygens (including phenoxy) is 2. The number of likely N-dealkylation sites (tertiary alicyclic amines) is 1. The minimum Gasteiger partial charge on any atom is -0.444 e. The average molecular weight is 418 g/mol. The van der Waals surface area contributed by atoms with Crippen LogP contribution in [-0.4, -0.2) is 52.3 Å². The molecule has 0 unspecified atom stereocenters. The van der Waals surface area contributed by atoms with Crippen LogP contribution in [0.5, 0.6) is 0 Å². The maximum Gasteiger partial charge on any atom is 0.410 e. The van der Waals surface area contributed by atoms with Crippen molar-refractivity contribution in [2.45, 2.75) is 84.2 Å². The van der Waals surface area contributed by atoms with Gasteiger partial charge in [0, 0.05) is 6.20 Å². The quantitative estimate of drug-likeness (QED) is 0.805. The normalized spacial score (nSPS) is 21.8. The number of rotatable bonds is 4. The van der Waals surface area contributed by atoms with Crippen LogP contribution in [0.1, 0.15) is 72.5 Å². The van der Waals surface area contributed by atoms with E-state index in [9.17, 15) is 9.59 Å². The maximum atomic E-state index is 12.8. The van der Waals surface area contributed by atoms with Gasteiger partial charge in [0.2, 0.25) is 5.91 Å². The Hall–Kier alpha value is -2.15. The van der Waals surface area contributed by atoms with Crippen molar-refractivity contribution in [3.8, 4) is 0 Å². The van der Waals surface area contributed by atoms with E-state index in [-0.39, 0.29) is 35.2 Å². The number of hydrogen-bond acceptors (Lipinski definition) is 5. The lowest BCUT2D eigenvalue weighted by Gasteiger charge is -2.47. The van der Waals surface area contributed by atoms with Gasteiger partial charge in [0.15, 0.2) is 0 Å². The number of carbonyl (C=O) groups excluding carboxylic acids is 2. The lowest BCUT2D eigenvalue weighted by atomic mass is 9.84. The summed E-state index contributed by atoms with van der Waals surface area (Å²) in [6, 6.07) is 5.57. The highest BCUT2D eigenvalue weighted by Gasteiger charge is 2.52. The molecule has 0 bridgehead atoms. The van der Waals surface area contributed by atoms with Gasteiger partial charge in [0.25, 0.3) is 0 Å². The van der Waals surface area contributed by atoms with E-state index in [0.29, 0.717) is 19.5 Å². The molecule has 1 aromatic rings. The molecule has 2 aliphatic rings. The maximum absolute atomic E-state index is 12.8. The highest BCUT2D eigenvalue weighted by atomic mass is 16.6. The van der Waals surface area contributed by atoms with Gasteiger partial charge in [-0.25, -0.2) is 4.79 Å². The minimum absolute atomic E-state index is 0.0362. The Bertz CT molecular complexity index is 761. The molecule has 0 radical (unpaired) electrons. The number of aromatic nitrogens is 1. The molecule has 0 aliphatic carbocycles. The first kappa shape index (κ1) is 22.5. The largest absolute Gasteiger partial charge is 0.444 e. The van der Waals surface area contributed by atoms with Crippen molar-refractivity contribution in [1.29, 1.82) is 0 Å². The first-order valence-electron chi connectivity index (χ1n) is 10.7. The third-order valence-corrected chi connectivity index (χ3v) is 5.52. The van der Waals surface area contributed by atoms with E-state index in [1.54, 1.807) is 11.1 Å². The van der Waals surface area contributed by atoms with Crippen LogP contribution in [0.25, 0.3) is 0 Å². The van der Waals surface area contributed by atoms with Gasteiger partial charge in [0.05, 0.1) is 37.4 Å². The summed E-state index contributed by atoms with van der Waals surface area (Å²) in [5.74, 6) is -0.0362. The number of amides is 2. The second kappa shape index (κ2) is 8.17. The van der Waals surface area contributed by atoms with Gasteiger partial charge in [-0.05, 0) is 51.2 Å². The smallest absolute Gasteiger partial charge is 0.410 e. The van der Waals surface area contributed by atoms with Crippen LogP contribution < -0.4 is 5.32 Å². The number of carbonyl (C=O) groups is 2. The van der Waals surface area contributed by atoms with Crippen LogP contribution >= 0.6 is 0 Å². The lowest BCUT2D eigenvalue weighted by molar-refractivity contribution is -0.142. The Labute approximate surface area is 179 Å². The summed E-state index contributed by atoms with van der Waals surface area (Å²) < 4.78 is 11.6. The fourth-order valence-electron chi connectivity index (χ4n) is 4.08. The van der Waals surface area contributed by atoms with Crippen molar-refractivity contribution in [2.75, 3.05) is 13.1 Å². The van der Waals surface area contributed by atoms with Gasteiger partial charge in [-0.3, -0.25) is 9.78 Å². The molecule has 3 rings (SSSR count). The first-order chi connectivity index (χ1) is 13.9. The van der Waals surface area contributed by atoms with Gasteiger partial charge >= 0.3 is 6.09 Å². The summed E-state index contributed by atoms with van der Waals surface area (Å²) in [7, 11) is 0. The molecule has 2 atom stereocenters. The molecule has 7 nitrogen and oxygen atoms in total. The standard InChI is InChI=1S/C23H35N3O4/c1-21(2,3)19(17-9-7-8-12-24-17)25-18(27)13-16-10-11-23(29-16)14-26(15-23)20(28)30-22(4,5)6/h7-9,12,16,19H,10-11,13-15H2,1-6H3,(H,25,27)/t16-,19+/m0/s1. The number of nitrogens with zero attached hydrogens (tertiary/aromatic N) is 2. The molecule has 30 heavy (non-hydrogen) atoms. The Balaban J connectivity index is 1.51. The summed E-state index contributed by atoms with van der Waals surface area (Å²) >= 11 is 0. The second-order valence-corrected chi connectivity index (χ2v) is 10.6. The van der Waals surface area contributed by atoms with Crippen LogP contribution in [0.4, 0.5) is 4.79 Å². The summed E-state index contributed by atoms with van der Waals surface area (Å²) in [4.78, 5) is 31.0. The van der Waals surface area contributed by atoms with Crippen molar-refractivity contribution >= 4 is 12.0 Å². The first-order valence-corrected chi connectivity index (χ1v) is 10.7. The summed E-state index contributed by atoms with van der Waals surface area (Å²) in [6.07, 6.45) is 3.30. The van der Waals surface area contributed by atoms with Crippen molar-refractivity contribution in [2.24, 2.45) is 5.41 Å². The van der Waals surface area contributed by atoms with E-state index in [1.165, 1.54) is 0 Å². The molecule has 1 aromatic heterocycles. The highest BCUT2D eigenvalue weighted by Crippen LogP contribution is 2.40. The average Bonchev–Trinajstić information content (AvgIpc) is 3.01. The van der Waals surface area contributed by atoms with Gasteiger partial charge in [0.1, 0.15) is 11.2 Å². The Morgan fingerprint density at radius 1 is 1.27 bits per heavy atom. The van der Waals surface area contributed by atoms with E-state index in [2.05, 4.69) is 31.1 Å². The van der Waals surface area contributed by atoms with Crippen molar-refractivity contribution in [3.63, 3.8) is 0 Å². The number of pyridine rings is 1. The van der Waals surface area contributed by atoms with E-state index in [4.69, 9.17) is 9.47 Å². The highest BCUT2D eigenvalue weighted by molar-refractivity contribution is 5.77. The summed E-state index contributed by atoms with van der Waals surface area (Å²) in [5, 5.41) is 3.15. The van der Waals surface area contributed by atoms with E-state index < -0.39 is 5.60 Å². The summed E-state index contributed by atoms with van der Waals surface area (Å²) in [5.41, 5.74) is -0.140. The van der Waals surface area contributed by atoms with Crippen molar-refractivity contribution in [1.82, 2.24) is 15.2 Å². The van der Waals surface area contributed by atoms with Gasteiger partial charge in [-0.15, -0.1) is 0 Å². The minimum atomic E-state index is -0.506. The number of hydrogen-bond donors (Lipinski definition) is 1. The third-order valence-electron chi connectivity index (χ3n) is 5.52. The zero-order valence-corrected chi connectivity index (χ0v) is 19.0. The molecule has 166 valence electrons. The van der Waals surface area contributed by atoms with Crippen LogP contribution in [0.2, 0.25) is 0 Å². The third kappa shape index (κ3) is 5.50. The van der Waals surface area contributed by atoms with Gasteiger partial charge < -0.3 is 19.7 Å². The fraction of sp³-hybridized carbons (Fsp3) is 0.696. The molecule has 2 fully saturated rings. The molecule has 7 heteroatoms. The Morgan fingerprint density at radius 2 is 1.97 bits per heavy atom. The molecular formula is C23H35N3O4. The molecule has 1 N–H and O–H groups in total. The molecule has 1 spiro atoms. The van der Waals surface area contributed by atoms with Crippen LogP contribution in [0, 0.1) is 5.41 Å². The SMILES string of the molecule is CC(C)(C)OC(=O)N1CC2(CC[C@@H](CC(=O)N[C@H](c3ccccn3)C(C)(C)C)O2)C1. The van der Waals surface area contributed by atoms with Crippen molar-refractivity contribution in [3.05, 3.63) is 30.1 Å². The van der Waals surface area contributed by atoms with E-state index in [0.717, 1.165) is 18.5 Å². The van der Waals surface area contributed by atoms with Crippen molar-refractivity contribution < 1.29 is 19.1 Å². The predicted molar refractivity (Wildman–Crippen MR) is 114 cm³/mol. The monoisotopic (exact) mass is 417 g/mol. The summed E-state index contributed by atoms with van der Waals surface area (Å²) in [6.45, 7) is 12.9. The molecule has 2 aliphatic heterocycles. The van der Waals surface area contributed by atoms with Crippen LogP contribution in [0.3, 0.4) is 0 Å². The Morgan fingerprint density at radius 3 is 2.53 bits per heavy atom. The van der Waals surface area contributed by atoms with Crippen LogP contribution in [-0.2, 0) is 14.3 Å². The zero-order valence-electron chi connectivity index (χ0n) is 19.0. The van der Waals surface area contributed by atoms with E-state index >= 15 is 0 Å². The molecule has 3 heterocycles. The molecule has 2 amide bonds. The second-order valence-electron chi connectivity index (χ2n) is 10.6. The topological polar surface area (TPSA) is 80.8 Å². The Kier molecular flexibility index (Phi) is 6.14. The molecule has 0 aromatic carbocycles. The zero-order chi connectivity index (χ0) is 22.2. The predicted octanol–water partition coefficient (Wildman–Crippen LogP) is 3.84. The van der Waals surface area contributed by atoms with E-state index in [1.807, 2.05) is 39.0 Å².